The summed E-state index contributed by atoms with van der Waals surface area (Å²) in [5, 5.41) is 0. The van der Waals surface area contributed by atoms with Crippen molar-refractivity contribution in [3.8, 4) is 0 Å². The fourth-order valence-electron chi connectivity index (χ4n) is 10.4. The van der Waals surface area contributed by atoms with E-state index in [1.807, 2.05) is 0 Å². The smallest absolute Gasteiger partial charge is 0.0236 e. The summed E-state index contributed by atoms with van der Waals surface area (Å²) in [5.74, 6) is 3.78. The quantitative estimate of drug-likeness (QED) is 0.429. The second kappa shape index (κ2) is 7.52. The summed E-state index contributed by atoms with van der Waals surface area (Å²) in [4.78, 5) is 0. The van der Waals surface area contributed by atoms with Crippen LogP contribution < -0.4 is 0 Å². The topological polar surface area (TPSA) is 0 Å². The van der Waals surface area contributed by atoms with Crippen LogP contribution in [0.25, 0.3) is 0 Å². The number of hydrogen-bond acceptors (Lipinski definition) is 0. The van der Waals surface area contributed by atoms with Crippen molar-refractivity contribution in [1.82, 2.24) is 0 Å². The first-order valence-corrected chi connectivity index (χ1v) is 13.9. The van der Waals surface area contributed by atoms with Crippen LogP contribution in [0.4, 0.5) is 0 Å². The van der Waals surface area contributed by atoms with Gasteiger partial charge in [-0.15, -0.1) is 0 Å². The summed E-state index contributed by atoms with van der Waals surface area (Å²) in [6, 6.07) is 0. The molecule has 0 spiro atoms. The van der Waals surface area contributed by atoms with Crippen molar-refractivity contribution in [2.45, 2.75) is 139 Å². The van der Waals surface area contributed by atoms with E-state index in [1.54, 1.807) is 0 Å². The summed E-state index contributed by atoms with van der Waals surface area (Å²) < 4.78 is 0. The molecular weight excluding hydrogens is 360 g/mol. The van der Waals surface area contributed by atoms with Crippen molar-refractivity contribution in [3.63, 3.8) is 0 Å². The van der Waals surface area contributed by atoms with Gasteiger partial charge in [-0.3, -0.25) is 0 Å². The van der Waals surface area contributed by atoms with Crippen molar-refractivity contribution < 1.29 is 0 Å². The van der Waals surface area contributed by atoms with Gasteiger partial charge in [-0.25, -0.2) is 0 Å². The first-order valence-electron chi connectivity index (χ1n) is 13.9. The van der Waals surface area contributed by atoms with Gasteiger partial charge in [0, 0.05) is 0 Å². The van der Waals surface area contributed by atoms with E-state index in [-0.39, 0.29) is 0 Å². The molecule has 30 heavy (non-hydrogen) atoms. The van der Waals surface area contributed by atoms with E-state index in [9.17, 15) is 0 Å². The van der Waals surface area contributed by atoms with Gasteiger partial charge in [-0.05, 0) is 115 Å². The highest BCUT2D eigenvalue weighted by molar-refractivity contribution is 5.15. The average Bonchev–Trinajstić information content (AvgIpc) is 2.62. The Morgan fingerprint density at radius 1 is 0.733 bits per heavy atom. The van der Waals surface area contributed by atoms with Crippen LogP contribution in [0, 0.1) is 50.7 Å². The van der Waals surface area contributed by atoms with Gasteiger partial charge in [0.2, 0.25) is 0 Å². The third-order valence-corrected chi connectivity index (χ3v) is 12.4. The van der Waals surface area contributed by atoms with E-state index in [0.717, 1.165) is 23.7 Å². The molecule has 0 nitrogen and oxygen atoms in total. The van der Waals surface area contributed by atoms with Crippen LogP contribution in [-0.2, 0) is 0 Å². The lowest BCUT2D eigenvalue weighted by Crippen LogP contribution is -2.63. The molecule has 0 heterocycles. The van der Waals surface area contributed by atoms with Crippen LogP contribution in [0.2, 0.25) is 0 Å². The Hall–Kier alpha value is 0. The van der Waals surface area contributed by atoms with E-state index in [0.29, 0.717) is 27.1 Å². The van der Waals surface area contributed by atoms with Crippen LogP contribution >= 0.6 is 0 Å². The van der Waals surface area contributed by atoms with Gasteiger partial charge in [-0.2, -0.15) is 0 Å². The van der Waals surface area contributed by atoms with Gasteiger partial charge in [0.1, 0.15) is 0 Å². The van der Waals surface area contributed by atoms with E-state index < -0.39 is 0 Å². The first kappa shape index (κ1) is 23.2. The van der Waals surface area contributed by atoms with Crippen LogP contribution in [-0.4, -0.2) is 0 Å². The lowest BCUT2D eigenvalue weighted by molar-refractivity contribution is -0.223. The molecule has 174 valence electrons. The van der Waals surface area contributed by atoms with E-state index >= 15 is 0 Å². The number of hydrogen-bond donors (Lipinski definition) is 0. The average molecular weight is 415 g/mol. The predicted octanol–water partition coefficient (Wildman–Crippen LogP) is 9.67. The van der Waals surface area contributed by atoms with Crippen molar-refractivity contribution in [2.24, 2.45) is 50.7 Å². The molecule has 0 aromatic carbocycles. The Morgan fingerprint density at radius 2 is 1.47 bits per heavy atom. The molecule has 0 amide bonds. The largest absolute Gasteiger partial charge is 0.0628 e. The minimum atomic E-state index is 0.563. The zero-order chi connectivity index (χ0) is 22.0. The molecule has 4 saturated carbocycles. The summed E-state index contributed by atoms with van der Waals surface area (Å²) in [5.41, 5.74) is 2.95. The maximum atomic E-state index is 2.79. The minimum absolute atomic E-state index is 0.563. The second-order valence-electron chi connectivity index (χ2n) is 14.9. The van der Waals surface area contributed by atoms with E-state index in [2.05, 4.69) is 55.4 Å². The van der Waals surface area contributed by atoms with Crippen molar-refractivity contribution in [2.75, 3.05) is 0 Å². The van der Waals surface area contributed by atoms with Crippen LogP contribution in [0.3, 0.4) is 0 Å². The molecule has 4 aliphatic carbocycles. The summed E-state index contributed by atoms with van der Waals surface area (Å²) in [7, 11) is 0. The van der Waals surface area contributed by atoms with Gasteiger partial charge in [0.15, 0.2) is 0 Å². The molecule has 0 aromatic heterocycles. The first-order chi connectivity index (χ1) is 13.9. The monoisotopic (exact) mass is 414 g/mol. The Bertz CT molecular complexity index is 630. The molecule has 0 radical (unpaired) electrons. The van der Waals surface area contributed by atoms with Gasteiger partial charge in [0.25, 0.3) is 0 Å². The predicted molar refractivity (Wildman–Crippen MR) is 132 cm³/mol. The standard InChI is InChI=1S/C30H54/c1-22(2)11-9-16-27(5)19-20-29(7)23(21-27)12-13-25-28(6)17-10-15-26(3,4)24(28)14-18-30(25,29)8/h22-25H,9-21H2,1-8H3. The third-order valence-electron chi connectivity index (χ3n) is 12.4. The molecule has 4 rings (SSSR count). The Kier molecular flexibility index (Phi) is 5.80. The number of rotatable bonds is 4. The van der Waals surface area contributed by atoms with Gasteiger partial charge < -0.3 is 0 Å². The van der Waals surface area contributed by atoms with E-state index in [4.69, 9.17) is 0 Å². The van der Waals surface area contributed by atoms with Crippen LogP contribution in [0.1, 0.15) is 139 Å². The fourth-order valence-corrected chi connectivity index (χ4v) is 10.4. The summed E-state index contributed by atoms with van der Waals surface area (Å²) in [6.07, 6.45) is 19.4. The maximum Gasteiger partial charge on any atom is -0.0236 e. The van der Waals surface area contributed by atoms with Crippen molar-refractivity contribution in [3.05, 3.63) is 0 Å². The molecule has 0 N–H and O–H groups in total. The van der Waals surface area contributed by atoms with Gasteiger partial charge in [-0.1, -0.05) is 74.7 Å². The maximum absolute atomic E-state index is 2.79. The molecule has 0 saturated heterocycles. The zero-order valence-corrected chi connectivity index (χ0v) is 22.0. The van der Waals surface area contributed by atoms with Crippen molar-refractivity contribution in [1.29, 1.82) is 0 Å². The highest BCUT2D eigenvalue weighted by Gasteiger charge is 2.66. The van der Waals surface area contributed by atoms with Crippen LogP contribution in [0.15, 0.2) is 0 Å². The number of fused-ring (bicyclic) bond motifs is 5. The summed E-state index contributed by atoms with van der Waals surface area (Å²) >= 11 is 0. The molecule has 0 aliphatic heterocycles. The highest BCUT2D eigenvalue weighted by Crippen LogP contribution is 2.74. The Balaban J connectivity index is 1.56. The third kappa shape index (κ3) is 3.44. The zero-order valence-electron chi connectivity index (χ0n) is 22.0. The van der Waals surface area contributed by atoms with Crippen molar-refractivity contribution >= 4 is 0 Å². The molecule has 7 unspecified atom stereocenters. The molecule has 7 atom stereocenters. The van der Waals surface area contributed by atoms with E-state index in [1.165, 1.54) is 83.5 Å². The Labute approximate surface area is 189 Å². The molecule has 0 aromatic rings. The molecule has 0 heteroatoms. The minimum Gasteiger partial charge on any atom is -0.0628 e. The van der Waals surface area contributed by atoms with Crippen LogP contribution in [0.5, 0.6) is 0 Å². The lowest BCUT2D eigenvalue weighted by Gasteiger charge is -2.71. The molecule has 4 fully saturated rings. The molecular formula is C30H54. The second-order valence-corrected chi connectivity index (χ2v) is 14.9. The highest BCUT2D eigenvalue weighted by atomic mass is 14.7. The van der Waals surface area contributed by atoms with Gasteiger partial charge in [0.05, 0.1) is 0 Å². The Morgan fingerprint density at radius 3 is 2.17 bits per heavy atom. The molecule has 4 aliphatic rings. The fraction of sp³-hybridized carbons (Fsp3) is 1.00. The molecule has 0 bridgehead atoms. The van der Waals surface area contributed by atoms with Gasteiger partial charge >= 0.3 is 0 Å². The summed E-state index contributed by atoms with van der Waals surface area (Å²) in [6.45, 7) is 21.0. The normalized spacial score (nSPS) is 50.5. The SMILES string of the molecule is CC(C)CCCC1(C)CCC2(C)C(CCC3C4(C)CCCC(C)(C)C4CCC32C)C1. The lowest BCUT2D eigenvalue weighted by atomic mass is 9.33.